The second kappa shape index (κ2) is 8.72. The van der Waals surface area contributed by atoms with E-state index in [2.05, 4.69) is 15.9 Å². The van der Waals surface area contributed by atoms with E-state index in [-0.39, 0.29) is 33.7 Å². The Labute approximate surface area is 167 Å². The van der Waals surface area contributed by atoms with Gasteiger partial charge < -0.3 is 10.5 Å². The average molecular weight is 464 g/mol. The topological polar surface area (TPSA) is 69.4 Å². The number of nitrogens with two attached hydrogens (primary N) is 1. The van der Waals surface area contributed by atoms with E-state index in [9.17, 15) is 9.59 Å². The molecule has 0 aromatic heterocycles. The predicted molar refractivity (Wildman–Crippen MR) is 104 cm³/mol. The highest BCUT2D eigenvalue weighted by atomic mass is 79.9. The van der Waals surface area contributed by atoms with Crippen LogP contribution in [-0.2, 0) is 4.79 Å². The molecule has 0 bridgehead atoms. The number of carbonyl (C=O) groups excluding carboxylic acids is 2. The molecular weight excluding hydrogens is 452 g/mol. The average Bonchev–Trinajstić information content (AvgIpc) is 2.55. The fourth-order valence-corrected chi connectivity index (χ4v) is 2.96. The van der Waals surface area contributed by atoms with Crippen LogP contribution in [0.15, 0.2) is 40.9 Å². The summed E-state index contributed by atoms with van der Waals surface area (Å²) in [5.41, 5.74) is 5.83. The van der Waals surface area contributed by atoms with Crippen LogP contribution in [0.5, 0.6) is 5.75 Å². The van der Waals surface area contributed by atoms with Gasteiger partial charge in [0.1, 0.15) is 5.75 Å². The number of ketones is 1. The van der Waals surface area contributed by atoms with Crippen LogP contribution in [0.3, 0.4) is 0 Å². The number of primary amides is 1. The van der Waals surface area contributed by atoms with Crippen molar-refractivity contribution in [1.82, 2.24) is 0 Å². The van der Waals surface area contributed by atoms with Crippen LogP contribution in [0.25, 0.3) is 6.08 Å². The Morgan fingerprint density at radius 3 is 2.56 bits per heavy atom. The van der Waals surface area contributed by atoms with Crippen LogP contribution >= 0.6 is 50.7 Å². The van der Waals surface area contributed by atoms with Crippen molar-refractivity contribution in [1.29, 1.82) is 0 Å². The van der Waals surface area contributed by atoms with E-state index in [4.69, 9.17) is 45.3 Å². The van der Waals surface area contributed by atoms with E-state index in [0.717, 1.165) is 0 Å². The maximum absolute atomic E-state index is 12.5. The molecule has 1 amide bonds. The fraction of sp³-hybridized carbons (Fsp3) is 0.0588. The molecule has 0 spiro atoms. The summed E-state index contributed by atoms with van der Waals surface area (Å²) in [6.07, 6.45) is 2.81. The van der Waals surface area contributed by atoms with Crippen LogP contribution in [0.2, 0.25) is 15.1 Å². The van der Waals surface area contributed by atoms with Gasteiger partial charge >= 0.3 is 0 Å². The molecule has 8 heteroatoms. The molecule has 0 heterocycles. The number of hydrogen-bond donors (Lipinski definition) is 1. The molecule has 0 saturated heterocycles. The third-order valence-corrected chi connectivity index (χ3v) is 4.54. The second-order valence-corrected chi connectivity index (χ2v) is 7.02. The lowest BCUT2D eigenvalue weighted by Gasteiger charge is -2.09. The highest BCUT2D eigenvalue weighted by Crippen LogP contribution is 2.31. The molecule has 130 valence electrons. The van der Waals surface area contributed by atoms with Crippen LogP contribution in [-0.4, -0.2) is 18.3 Å². The summed E-state index contributed by atoms with van der Waals surface area (Å²) >= 11 is 21.3. The van der Waals surface area contributed by atoms with Crippen molar-refractivity contribution in [2.24, 2.45) is 5.73 Å². The number of hydrogen-bond acceptors (Lipinski definition) is 3. The molecule has 0 unspecified atom stereocenters. The maximum atomic E-state index is 12.5. The van der Waals surface area contributed by atoms with Crippen LogP contribution in [0.1, 0.15) is 15.9 Å². The Bertz CT molecular complexity index is 868. The lowest BCUT2D eigenvalue weighted by atomic mass is 10.1. The normalized spacial score (nSPS) is 10.9. The molecule has 0 aliphatic carbocycles. The molecule has 4 nitrogen and oxygen atoms in total. The molecule has 0 aliphatic rings. The number of halogens is 4. The SMILES string of the molecule is NC(=O)COc1ccc(Br)cc1C(=O)C=Cc1cc(Cl)cc(Cl)c1Cl. The minimum absolute atomic E-state index is 0.242. The summed E-state index contributed by atoms with van der Waals surface area (Å²) in [6, 6.07) is 7.93. The lowest BCUT2D eigenvalue weighted by molar-refractivity contribution is -0.119. The van der Waals surface area contributed by atoms with Gasteiger partial charge in [-0.15, -0.1) is 0 Å². The van der Waals surface area contributed by atoms with Gasteiger partial charge in [-0.3, -0.25) is 9.59 Å². The molecular formula is C17H11BrCl3NO3. The zero-order chi connectivity index (χ0) is 18.6. The Morgan fingerprint density at radius 2 is 1.88 bits per heavy atom. The second-order valence-electron chi connectivity index (χ2n) is 4.88. The van der Waals surface area contributed by atoms with Crippen molar-refractivity contribution in [3.8, 4) is 5.75 Å². The van der Waals surface area contributed by atoms with Gasteiger partial charge in [0, 0.05) is 9.50 Å². The molecule has 0 saturated carbocycles. The maximum Gasteiger partial charge on any atom is 0.255 e. The Hall–Kier alpha value is -1.53. The molecule has 0 aliphatic heterocycles. The van der Waals surface area contributed by atoms with E-state index >= 15 is 0 Å². The number of rotatable bonds is 6. The highest BCUT2D eigenvalue weighted by molar-refractivity contribution is 9.10. The number of allylic oxidation sites excluding steroid dienone is 1. The van der Waals surface area contributed by atoms with Gasteiger partial charge in [0.05, 0.1) is 15.6 Å². The van der Waals surface area contributed by atoms with Crippen LogP contribution < -0.4 is 10.5 Å². The first-order valence-electron chi connectivity index (χ1n) is 6.85. The number of carbonyl (C=O) groups is 2. The fourth-order valence-electron chi connectivity index (χ4n) is 1.92. The predicted octanol–water partition coefficient (Wildman–Crippen LogP) is 5.17. The standard InChI is InChI=1S/C17H11BrCl3NO3/c18-10-2-4-15(25-8-16(22)24)12(6-10)14(23)3-1-9-5-11(19)7-13(20)17(9)21/h1-7H,8H2,(H2,22,24). The zero-order valence-electron chi connectivity index (χ0n) is 12.6. The quantitative estimate of drug-likeness (QED) is 0.365. The van der Waals surface area contributed by atoms with E-state index in [1.165, 1.54) is 18.2 Å². The molecule has 2 N–H and O–H groups in total. The summed E-state index contributed by atoms with van der Waals surface area (Å²) in [5, 5.41) is 0.971. The molecule has 0 atom stereocenters. The third kappa shape index (κ3) is 5.47. The summed E-state index contributed by atoms with van der Waals surface area (Å²) in [4.78, 5) is 23.4. The summed E-state index contributed by atoms with van der Waals surface area (Å²) < 4.78 is 5.95. The minimum atomic E-state index is -0.641. The van der Waals surface area contributed by atoms with Gasteiger partial charge in [-0.1, -0.05) is 50.7 Å². The van der Waals surface area contributed by atoms with Gasteiger partial charge in [0.25, 0.3) is 5.91 Å². The third-order valence-electron chi connectivity index (χ3n) is 3.01. The van der Waals surface area contributed by atoms with Crippen LogP contribution in [0.4, 0.5) is 0 Å². The van der Waals surface area contributed by atoms with Gasteiger partial charge in [-0.2, -0.15) is 0 Å². The van der Waals surface area contributed by atoms with Gasteiger partial charge in [0.15, 0.2) is 12.4 Å². The molecule has 0 radical (unpaired) electrons. The van der Waals surface area contributed by atoms with Crippen molar-refractivity contribution in [2.45, 2.75) is 0 Å². The van der Waals surface area contributed by atoms with Crippen molar-refractivity contribution in [3.05, 3.63) is 67.1 Å². The van der Waals surface area contributed by atoms with Crippen LogP contribution in [0, 0.1) is 0 Å². The molecule has 0 fully saturated rings. The number of amides is 1. The van der Waals surface area contributed by atoms with Crippen molar-refractivity contribution in [3.63, 3.8) is 0 Å². The first kappa shape index (κ1) is 19.8. The summed E-state index contributed by atoms with van der Waals surface area (Å²) in [6.45, 7) is -0.332. The first-order valence-corrected chi connectivity index (χ1v) is 8.78. The number of ether oxygens (including phenoxy) is 1. The van der Waals surface area contributed by atoms with Crippen molar-refractivity contribution >= 4 is 68.5 Å². The largest absolute Gasteiger partial charge is 0.483 e. The lowest BCUT2D eigenvalue weighted by Crippen LogP contribution is -2.20. The van der Waals surface area contributed by atoms with E-state index in [1.807, 2.05) is 0 Å². The Balaban J connectivity index is 2.32. The van der Waals surface area contributed by atoms with Crippen molar-refractivity contribution < 1.29 is 14.3 Å². The van der Waals surface area contributed by atoms with Gasteiger partial charge in [-0.05, 0) is 48.0 Å². The molecule has 2 aromatic carbocycles. The number of benzene rings is 2. The summed E-state index contributed by atoms with van der Waals surface area (Å²) in [5.74, 6) is -0.753. The van der Waals surface area contributed by atoms with Crippen molar-refractivity contribution in [2.75, 3.05) is 6.61 Å². The highest BCUT2D eigenvalue weighted by Gasteiger charge is 2.13. The molecule has 25 heavy (non-hydrogen) atoms. The first-order chi connectivity index (χ1) is 11.8. The minimum Gasteiger partial charge on any atom is -0.483 e. The smallest absolute Gasteiger partial charge is 0.255 e. The molecule has 2 aromatic rings. The Kier molecular flexibility index (Phi) is 6.90. The van der Waals surface area contributed by atoms with E-state index < -0.39 is 5.91 Å². The van der Waals surface area contributed by atoms with Gasteiger partial charge in [0.2, 0.25) is 0 Å². The van der Waals surface area contributed by atoms with Gasteiger partial charge in [-0.25, -0.2) is 0 Å². The summed E-state index contributed by atoms with van der Waals surface area (Å²) in [7, 11) is 0. The van der Waals surface area contributed by atoms with E-state index in [1.54, 1.807) is 24.3 Å². The molecule has 2 rings (SSSR count). The zero-order valence-corrected chi connectivity index (χ0v) is 16.4. The Morgan fingerprint density at radius 1 is 1.16 bits per heavy atom. The van der Waals surface area contributed by atoms with E-state index in [0.29, 0.717) is 15.1 Å². The monoisotopic (exact) mass is 461 g/mol.